The summed E-state index contributed by atoms with van der Waals surface area (Å²) in [4.78, 5) is 21.7. The molecular formula is C20H31N3O2. The third-order valence-corrected chi connectivity index (χ3v) is 4.94. The number of piperidine rings is 1. The smallest absolute Gasteiger partial charge is 0.410 e. The highest BCUT2D eigenvalue weighted by molar-refractivity contribution is 5.68. The van der Waals surface area contributed by atoms with Gasteiger partial charge in [0.15, 0.2) is 0 Å². The fraction of sp³-hybridized carbons (Fsp3) is 0.700. The molecule has 0 saturated carbocycles. The molecule has 1 aromatic heterocycles. The molecule has 1 aromatic rings. The van der Waals surface area contributed by atoms with E-state index in [2.05, 4.69) is 24.0 Å². The van der Waals surface area contributed by atoms with Crippen molar-refractivity contribution in [2.24, 2.45) is 0 Å². The SMILES string of the molecule is C[C@@H]1CN(C(=O)OC(C)(C)C)CCc2ccc(N3CCCCC3)nc21. The zero-order chi connectivity index (χ0) is 18.0. The molecule has 1 amide bonds. The maximum Gasteiger partial charge on any atom is 0.410 e. The van der Waals surface area contributed by atoms with E-state index in [0.29, 0.717) is 13.1 Å². The summed E-state index contributed by atoms with van der Waals surface area (Å²) in [5, 5.41) is 0. The molecule has 2 aliphatic heterocycles. The topological polar surface area (TPSA) is 45.7 Å². The van der Waals surface area contributed by atoms with Crippen LogP contribution >= 0.6 is 0 Å². The molecule has 3 rings (SSSR count). The zero-order valence-corrected chi connectivity index (χ0v) is 16.0. The minimum Gasteiger partial charge on any atom is -0.444 e. The van der Waals surface area contributed by atoms with Crippen molar-refractivity contribution in [3.63, 3.8) is 0 Å². The number of nitrogens with zero attached hydrogens (tertiary/aromatic N) is 3. The van der Waals surface area contributed by atoms with Gasteiger partial charge in [0.2, 0.25) is 0 Å². The van der Waals surface area contributed by atoms with Gasteiger partial charge < -0.3 is 14.5 Å². The number of carbonyl (C=O) groups excluding carboxylic acids is 1. The molecule has 0 aliphatic carbocycles. The fourth-order valence-corrected chi connectivity index (χ4v) is 3.69. The Labute approximate surface area is 151 Å². The van der Waals surface area contributed by atoms with Crippen LogP contribution in [0.25, 0.3) is 0 Å². The summed E-state index contributed by atoms with van der Waals surface area (Å²) in [6, 6.07) is 4.36. The predicted molar refractivity (Wildman–Crippen MR) is 100 cm³/mol. The monoisotopic (exact) mass is 345 g/mol. The third kappa shape index (κ3) is 4.44. The van der Waals surface area contributed by atoms with Gasteiger partial charge in [-0.2, -0.15) is 0 Å². The fourth-order valence-electron chi connectivity index (χ4n) is 3.69. The van der Waals surface area contributed by atoms with E-state index in [9.17, 15) is 4.79 Å². The molecular weight excluding hydrogens is 314 g/mol. The van der Waals surface area contributed by atoms with Crippen molar-refractivity contribution >= 4 is 11.9 Å². The van der Waals surface area contributed by atoms with E-state index in [1.54, 1.807) is 0 Å². The quantitative estimate of drug-likeness (QED) is 0.773. The Morgan fingerprint density at radius 3 is 2.56 bits per heavy atom. The number of rotatable bonds is 1. The molecule has 0 N–H and O–H groups in total. The molecule has 0 spiro atoms. The Hall–Kier alpha value is -1.78. The van der Waals surface area contributed by atoms with Gasteiger partial charge >= 0.3 is 6.09 Å². The number of anilines is 1. The van der Waals surface area contributed by atoms with E-state index in [1.165, 1.54) is 24.8 Å². The van der Waals surface area contributed by atoms with Crippen molar-refractivity contribution in [2.45, 2.75) is 64.9 Å². The van der Waals surface area contributed by atoms with Crippen LogP contribution in [0.1, 0.15) is 64.1 Å². The zero-order valence-electron chi connectivity index (χ0n) is 16.0. The number of pyridine rings is 1. The summed E-state index contributed by atoms with van der Waals surface area (Å²) in [6.07, 6.45) is 4.44. The third-order valence-electron chi connectivity index (χ3n) is 4.94. The number of carbonyl (C=O) groups is 1. The molecule has 25 heavy (non-hydrogen) atoms. The number of hydrogen-bond donors (Lipinski definition) is 0. The van der Waals surface area contributed by atoms with E-state index in [0.717, 1.165) is 31.0 Å². The molecule has 5 heteroatoms. The van der Waals surface area contributed by atoms with Crippen molar-refractivity contribution < 1.29 is 9.53 Å². The van der Waals surface area contributed by atoms with E-state index < -0.39 is 5.60 Å². The maximum atomic E-state index is 12.5. The Balaban J connectivity index is 1.75. The summed E-state index contributed by atoms with van der Waals surface area (Å²) >= 11 is 0. The van der Waals surface area contributed by atoms with E-state index in [1.807, 2.05) is 25.7 Å². The Morgan fingerprint density at radius 1 is 1.16 bits per heavy atom. The molecule has 1 atom stereocenters. The van der Waals surface area contributed by atoms with Crippen LogP contribution < -0.4 is 4.90 Å². The highest BCUT2D eigenvalue weighted by Gasteiger charge is 2.28. The lowest BCUT2D eigenvalue weighted by Crippen LogP contribution is -2.38. The lowest BCUT2D eigenvalue weighted by atomic mass is 10.0. The largest absolute Gasteiger partial charge is 0.444 e. The van der Waals surface area contributed by atoms with Crippen LogP contribution in [-0.2, 0) is 11.2 Å². The molecule has 3 heterocycles. The lowest BCUT2D eigenvalue weighted by molar-refractivity contribution is 0.0248. The van der Waals surface area contributed by atoms with Crippen molar-refractivity contribution in [3.8, 4) is 0 Å². The van der Waals surface area contributed by atoms with Crippen LogP contribution in [0.2, 0.25) is 0 Å². The summed E-state index contributed by atoms with van der Waals surface area (Å²) < 4.78 is 5.56. The summed E-state index contributed by atoms with van der Waals surface area (Å²) in [5.41, 5.74) is 1.95. The van der Waals surface area contributed by atoms with Gasteiger partial charge in [0.25, 0.3) is 0 Å². The molecule has 138 valence electrons. The van der Waals surface area contributed by atoms with Gasteiger partial charge in [0.05, 0.1) is 5.69 Å². The Kier molecular flexibility index (Phi) is 5.21. The normalized spacial score (nSPS) is 21.5. The molecule has 0 bridgehead atoms. The van der Waals surface area contributed by atoms with Crippen LogP contribution in [0.5, 0.6) is 0 Å². The number of ether oxygens (including phenoxy) is 1. The highest BCUT2D eigenvalue weighted by atomic mass is 16.6. The van der Waals surface area contributed by atoms with Crippen LogP contribution in [0.4, 0.5) is 10.6 Å². The Morgan fingerprint density at radius 2 is 1.88 bits per heavy atom. The van der Waals surface area contributed by atoms with Crippen molar-refractivity contribution in [1.82, 2.24) is 9.88 Å². The first kappa shape index (κ1) is 18.0. The number of amides is 1. The number of hydrogen-bond acceptors (Lipinski definition) is 4. The van der Waals surface area contributed by atoms with Gasteiger partial charge in [-0.25, -0.2) is 9.78 Å². The van der Waals surface area contributed by atoms with Gasteiger partial charge in [-0.15, -0.1) is 0 Å². The summed E-state index contributed by atoms with van der Waals surface area (Å²) in [7, 11) is 0. The average molecular weight is 345 g/mol. The van der Waals surface area contributed by atoms with Crippen molar-refractivity contribution in [1.29, 1.82) is 0 Å². The van der Waals surface area contributed by atoms with Gasteiger partial charge in [0.1, 0.15) is 11.4 Å². The second-order valence-corrected chi connectivity index (χ2v) is 8.34. The van der Waals surface area contributed by atoms with Gasteiger partial charge in [0, 0.05) is 32.1 Å². The Bertz CT molecular complexity index is 618. The lowest BCUT2D eigenvalue weighted by Gasteiger charge is -2.29. The van der Waals surface area contributed by atoms with E-state index in [-0.39, 0.29) is 12.0 Å². The van der Waals surface area contributed by atoms with Gasteiger partial charge in [-0.05, 0) is 58.1 Å². The second kappa shape index (κ2) is 7.22. The van der Waals surface area contributed by atoms with E-state index in [4.69, 9.17) is 9.72 Å². The minimum atomic E-state index is -0.459. The molecule has 0 aromatic carbocycles. The second-order valence-electron chi connectivity index (χ2n) is 8.34. The van der Waals surface area contributed by atoms with Crippen molar-refractivity contribution in [3.05, 3.63) is 23.4 Å². The van der Waals surface area contributed by atoms with Crippen LogP contribution in [0.3, 0.4) is 0 Å². The average Bonchev–Trinajstić information content (AvgIpc) is 2.73. The number of fused-ring (bicyclic) bond motifs is 1. The van der Waals surface area contributed by atoms with Crippen LogP contribution in [0, 0.1) is 0 Å². The maximum absolute atomic E-state index is 12.5. The summed E-state index contributed by atoms with van der Waals surface area (Å²) in [5.74, 6) is 1.31. The molecule has 1 saturated heterocycles. The van der Waals surface area contributed by atoms with Gasteiger partial charge in [-0.3, -0.25) is 0 Å². The molecule has 1 fully saturated rings. The van der Waals surface area contributed by atoms with E-state index >= 15 is 0 Å². The summed E-state index contributed by atoms with van der Waals surface area (Å²) in [6.45, 7) is 11.5. The molecule has 5 nitrogen and oxygen atoms in total. The number of aromatic nitrogens is 1. The first-order valence-electron chi connectivity index (χ1n) is 9.56. The highest BCUT2D eigenvalue weighted by Crippen LogP contribution is 2.28. The molecule has 0 unspecified atom stereocenters. The first-order valence-corrected chi connectivity index (χ1v) is 9.56. The first-order chi connectivity index (χ1) is 11.8. The minimum absolute atomic E-state index is 0.217. The molecule has 2 aliphatic rings. The van der Waals surface area contributed by atoms with Gasteiger partial charge in [-0.1, -0.05) is 13.0 Å². The standard InChI is InChI=1S/C20H31N3O2/c1-15-14-23(19(24)25-20(2,3)4)13-10-16-8-9-17(21-18(15)16)22-11-6-5-7-12-22/h8-9,15H,5-7,10-14H2,1-4H3/t15-/m1/s1. The predicted octanol–water partition coefficient (Wildman–Crippen LogP) is 3.97. The van der Waals surface area contributed by atoms with Crippen LogP contribution in [-0.4, -0.2) is 47.8 Å². The van der Waals surface area contributed by atoms with Crippen LogP contribution in [0.15, 0.2) is 12.1 Å². The molecule has 0 radical (unpaired) electrons. The van der Waals surface area contributed by atoms with Crippen molar-refractivity contribution in [2.75, 3.05) is 31.1 Å².